The van der Waals surface area contributed by atoms with Gasteiger partial charge in [-0.1, -0.05) is 32.9 Å². The number of benzene rings is 1. The van der Waals surface area contributed by atoms with E-state index in [0.717, 1.165) is 5.69 Å². The molecule has 0 spiro atoms. The van der Waals surface area contributed by atoms with Crippen LogP contribution in [-0.4, -0.2) is 19.1 Å². The summed E-state index contributed by atoms with van der Waals surface area (Å²) in [5, 5.41) is 2.47. The molecule has 0 radical (unpaired) electrons. The normalized spacial score (nSPS) is 11.8. The van der Waals surface area contributed by atoms with Gasteiger partial charge >= 0.3 is 0 Å². The van der Waals surface area contributed by atoms with Gasteiger partial charge in [0.1, 0.15) is 0 Å². The third-order valence-corrected chi connectivity index (χ3v) is 2.99. The third-order valence-electron chi connectivity index (χ3n) is 2.99. The molecule has 0 saturated carbocycles. The van der Waals surface area contributed by atoms with Crippen molar-refractivity contribution in [1.82, 2.24) is 4.98 Å². The minimum absolute atomic E-state index is 0.0909. The van der Waals surface area contributed by atoms with Crippen LogP contribution in [0.4, 0.5) is 5.69 Å². The Hall–Kier alpha value is -1.57. The molecule has 2 heteroatoms. The Kier molecular flexibility index (Phi) is 2.82. The van der Waals surface area contributed by atoms with E-state index in [1.54, 1.807) is 0 Å². The van der Waals surface area contributed by atoms with Gasteiger partial charge in [0.15, 0.2) is 0 Å². The Morgan fingerprint density at radius 2 is 1.82 bits per heavy atom. The SMILES string of the molecule is CN(C)c1cccc2cnc(C(C)(C)C)cc12. The fourth-order valence-electron chi connectivity index (χ4n) is 1.95. The average Bonchev–Trinajstić information content (AvgIpc) is 2.26. The van der Waals surface area contributed by atoms with E-state index in [1.165, 1.54) is 16.5 Å². The zero-order valence-electron chi connectivity index (χ0n) is 11.3. The van der Waals surface area contributed by atoms with Crippen molar-refractivity contribution in [2.24, 2.45) is 0 Å². The van der Waals surface area contributed by atoms with Crippen LogP contribution in [-0.2, 0) is 5.41 Å². The van der Waals surface area contributed by atoms with Gasteiger partial charge in [0, 0.05) is 47.9 Å². The van der Waals surface area contributed by atoms with Gasteiger partial charge in [-0.15, -0.1) is 0 Å². The molecule has 1 heterocycles. The summed E-state index contributed by atoms with van der Waals surface area (Å²) in [5.74, 6) is 0. The van der Waals surface area contributed by atoms with Gasteiger partial charge in [-0.05, 0) is 12.1 Å². The molecule has 17 heavy (non-hydrogen) atoms. The summed E-state index contributed by atoms with van der Waals surface area (Å²) in [5.41, 5.74) is 2.47. The van der Waals surface area contributed by atoms with Crippen LogP contribution in [0.25, 0.3) is 10.8 Å². The molecule has 0 aliphatic carbocycles. The summed E-state index contributed by atoms with van der Waals surface area (Å²) in [6.07, 6.45) is 1.98. The van der Waals surface area contributed by atoms with Crippen molar-refractivity contribution in [3.8, 4) is 0 Å². The monoisotopic (exact) mass is 228 g/mol. The number of pyridine rings is 1. The molecule has 0 saturated heterocycles. The fraction of sp³-hybridized carbons (Fsp3) is 0.400. The van der Waals surface area contributed by atoms with Crippen molar-refractivity contribution < 1.29 is 0 Å². The molecule has 0 aliphatic heterocycles. The lowest BCUT2D eigenvalue weighted by Gasteiger charge is -2.20. The van der Waals surface area contributed by atoms with Gasteiger partial charge in [-0.25, -0.2) is 0 Å². The summed E-state index contributed by atoms with van der Waals surface area (Å²) in [4.78, 5) is 6.71. The van der Waals surface area contributed by atoms with Crippen LogP contribution in [0.15, 0.2) is 30.5 Å². The Bertz CT molecular complexity index is 536. The molecular formula is C15H20N2. The van der Waals surface area contributed by atoms with Gasteiger partial charge in [-0.2, -0.15) is 0 Å². The summed E-state index contributed by atoms with van der Waals surface area (Å²) < 4.78 is 0. The van der Waals surface area contributed by atoms with Crippen molar-refractivity contribution in [3.63, 3.8) is 0 Å². The lowest BCUT2D eigenvalue weighted by molar-refractivity contribution is 0.570. The molecule has 0 atom stereocenters. The Morgan fingerprint density at radius 1 is 1.12 bits per heavy atom. The predicted molar refractivity (Wildman–Crippen MR) is 74.8 cm³/mol. The molecule has 0 N–H and O–H groups in total. The summed E-state index contributed by atoms with van der Waals surface area (Å²) in [7, 11) is 4.15. The van der Waals surface area contributed by atoms with Crippen LogP contribution in [0, 0.1) is 0 Å². The standard InChI is InChI=1S/C15H20N2/c1-15(2,3)14-9-12-11(10-16-14)7-6-8-13(12)17(4)5/h6-10H,1-5H3. The maximum atomic E-state index is 4.56. The molecular weight excluding hydrogens is 208 g/mol. The third kappa shape index (κ3) is 2.26. The highest BCUT2D eigenvalue weighted by atomic mass is 15.1. The molecule has 2 aromatic rings. The molecule has 1 aromatic carbocycles. The number of rotatable bonds is 1. The number of aromatic nitrogens is 1. The Balaban J connectivity index is 2.70. The van der Waals surface area contributed by atoms with Gasteiger partial charge in [0.05, 0.1) is 0 Å². The van der Waals surface area contributed by atoms with E-state index in [0.29, 0.717) is 0 Å². The summed E-state index contributed by atoms with van der Waals surface area (Å²) in [6, 6.07) is 8.55. The molecule has 0 aliphatic rings. The van der Waals surface area contributed by atoms with Crippen molar-refractivity contribution in [2.75, 3.05) is 19.0 Å². The molecule has 1 aromatic heterocycles. The van der Waals surface area contributed by atoms with E-state index in [-0.39, 0.29) is 5.41 Å². The second-order valence-corrected chi connectivity index (χ2v) is 5.71. The number of fused-ring (bicyclic) bond motifs is 1. The van der Waals surface area contributed by atoms with Gasteiger partial charge in [0.25, 0.3) is 0 Å². The Morgan fingerprint density at radius 3 is 2.41 bits per heavy atom. The molecule has 0 unspecified atom stereocenters. The van der Waals surface area contributed by atoms with Gasteiger partial charge < -0.3 is 4.90 Å². The summed E-state index contributed by atoms with van der Waals surface area (Å²) in [6.45, 7) is 6.58. The number of hydrogen-bond donors (Lipinski definition) is 0. The van der Waals surface area contributed by atoms with E-state index < -0.39 is 0 Å². The van der Waals surface area contributed by atoms with Crippen molar-refractivity contribution in [2.45, 2.75) is 26.2 Å². The van der Waals surface area contributed by atoms with Crippen LogP contribution in [0.1, 0.15) is 26.5 Å². The quantitative estimate of drug-likeness (QED) is 0.741. The fourth-order valence-corrected chi connectivity index (χ4v) is 1.95. The number of nitrogens with zero attached hydrogens (tertiary/aromatic N) is 2. The second-order valence-electron chi connectivity index (χ2n) is 5.71. The van der Waals surface area contributed by atoms with E-state index in [1.807, 2.05) is 6.20 Å². The van der Waals surface area contributed by atoms with Crippen molar-refractivity contribution in [3.05, 3.63) is 36.2 Å². The first-order valence-electron chi connectivity index (χ1n) is 5.96. The van der Waals surface area contributed by atoms with Gasteiger partial charge in [-0.3, -0.25) is 4.98 Å². The highest BCUT2D eigenvalue weighted by Crippen LogP contribution is 2.29. The molecule has 90 valence electrons. The highest BCUT2D eigenvalue weighted by Gasteiger charge is 2.16. The predicted octanol–water partition coefficient (Wildman–Crippen LogP) is 3.60. The topological polar surface area (TPSA) is 16.1 Å². The average molecular weight is 228 g/mol. The molecule has 0 bridgehead atoms. The molecule has 2 rings (SSSR count). The van der Waals surface area contributed by atoms with Crippen LogP contribution in [0.3, 0.4) is 0 Å². The molecule has 0 fully saturated rings. The Labute approximate surface area is 103 Å². The first-order chi connectivity index (χ1) is 7.89. The van der Waals surface area contributed by atoms with Crippen molar-refractivity contribution in [1.29, 1.82) is 0 Å². The van der Waals surface area contributed by atoms with Crippen LogP contribution < -0.4 is 4.90 Å². The number of hydrogen-bond acceptors (Lipinski definition) is 2. The minimum Gasteiger partial charge on any atom is -0.377 e. The van der Waals surface area contributed by atoms with Crippen molar-refractivity contribution >= 4 is 16.5 Å². The lowest BCUT2D eigenvalue weighted by Crippen LogP contribution is -2.14. The van der Waals surface area contributed by atoms with E-state index >= 15 is 0 Å². The first-order valence-corrected chi connectivity index (χ1v) is 5.96. The smallest absolute Gasteiger partial charge is 0.0464 e. The van der Waals surface area contributed by atoms with Crippen LogP contribution in [0.2, 0.25) is 0 Å². The zero-order valence-corrected chi connectivity index (χ0v) is 11.3. The highest BCUT2D eigenvalue weighted by molar-refractivity contribution is 5.94. The zero-order chi connectivity index (χ0) is 12.6. The maximum absolute atomic E-state index is 4.56. The summed E-state index contributed by atoms with van der Waals surface area (Å²) >= 11 is 0. The van der Waals surface area contributed by atoms with E-state index in [9.17, 15) is 0 Å². The molecule has 2 nitrogen and oxygen atoms in total. The first kappa shape index (κ1) is 11.9. The van der Waals surface area contributed by atoms with Crippen LogP contribution >= 0.6 is 0 Å². The number of anilines is 1. The molecule has 0 amide bonds. The maximum Gasteiger partial charge on any atom is 0.0464 e. The van der Waals surface area contributed by atoms with E-state index in [2.05, 4.69) is 69.0 Å². The lowest BCUT2D eigenvalue weighted by atomic mass is 9.90. The second kappa shape index (κ2) is 4.02. The van der Waals surface area contributed by atoms with E-state index in [4.69, 9.17) is 0 Å². The van der Waals surface area contributed by atoms with Gasteiger partial charge in [0.2, 0.25) is 0 Å². The largest absolute Gasteiger partial charge is 0.377 e. The minimum atomic E-state index is 0.0909. The van der Waals surface area contributed by atoms with Crippen LogP contribution in [0.5, 0.6) is 0 Å².